The summed E-state index contributed by atoms with van der Waals surface area (Å²) in [5.74, 6) is -0.394. The van der Waals surface area contributed by atoms with Gasteiger partial charge in [0.2, 0.25) is 5.91 Å². The summed E-state index contributed by atoms with van der Waals surface area (Å²) in [6, 6.07) is 20.4. The fourth-order valence-corrected chi connectivity index (χ4v) is 3.22. The van der Waals surface area contributed by atoms with Gasteiger partial charge in [0, 0.05) is 5.69 Å². The third-order valence-electron chi connectivity index (χ3n) is 4.36. The molecule has 2 nitrogen and oxygen atoms in total. The molecule has 0 fully saturated rings. The van der Waals surface area contributed by atoms with Crippen molar-refractivity contribution in [3.8, 4) is 11.1 Å². The number of benzene rings is 3. The van der Waals surface area contributed by atoms with Gasteiger partial charge < -0.3 is 5.32 Å². The number of hydrogen-bond acceptors (Lipinski definition) is 1. The monoisotopic (exact) mass is 317 g/mol. The molecule has 0 heterocycles. The predicted octanol–water partition coefficient (Wildman–Crippen LogP) is 4.58. The molecule has 1 aliphatic carbocycles. The molecule has 0 saturated heterocycles. The molecule has 0 radical (unpaired) electrons. The summed E-state index contributed by atoms with van der Waals surface area (Å²) >= 11 is 0. The Hall–Kier alpha value is -2.94. The van der Waals surface area contributed by atoms with Gasteiger partial charge in [-0.15, -0.1) is 0 Å². The Morgan fingerprint density at radius 2 is 1.67 bits per heavy atom. The van der Waals surface area contributed by atoms with Gasteiger partial charge in [-0.3, -0.25) is 4.79 Å². The van der Waals surface area contributed by atoms with E-state index in [0.717, 1.165) is 17.7 Å². The van der Waals surface area contributed by atoms with Gasteiger partial charge in [0.25, 0.3) is 0 Å². The summed E-state index contributed by atoms with van der Waals surface area (Å²) in [5, 5.41) is 2.93. The van der Waals surface area contributed by atoms with Crippen molar-refractivity contribution >= 4 is 11.6 Å². The van der Waals surface area contributed by atoms with E-state index in [2.05, 4.69) is 29.6 Å². The van der Waals surface area contributed by atoms with E-state index < -0.39 is 0 Å². The van der Waals surface area contributed by atoms with Crippen molar-refractivity contribution in [2.45, 2.75) is 12.8 Å². The molecule has 3 aromatic carbocycles. The van der Waals surface area contributed by atoms with Crippen LogP contribution in [0, 0.1) is 5.82 Å². The normalized spacial score (nSPS) is 11.7. The molecule has 1 amide bonds. The van der Waals surface area contributed by atoms with E-state index in [1.54, 1.807) is 12.1 Å². The maximum atomic E-state index is 12.9. The Labute approximate surface area is 140 Å². The fraction of sp³-hybridized carbons (Fsp3) is 0.0952. The maximum Gasteiger partial charge on any atom is 0.228 e. The first-order valence-corrected chi connectivity index (χ1v) is 7.94. The van der Waals surface area contributed by atoms with Crippen molar-refractivity contribution in [3.63, 3.8) is 0 Å². The van der Waals surface area contributed by atoms with Crippen molar-refractivity contribution in [1.29, 1.82) is 0 Å². The quantitative estimate of drug-likeness (QED) is 0.589. The van der Waals surface area contributed by atoms with Gasteiger partial charge in [0.1, 0.15) is 5.82 Å². The van der Waals surface area contributed by atoms with Crippen LogP contribution >= 0.6 is 0 Å². The van der Waals surface area contributed by atoms with Crippen LogP contribution in [-0.4, -0.2) is 5.91 Å². The van der Waals surface area contributed by atoms with Crippen LogP contribution in [0.4, 0.5) is 10.1 Å². The predicted molar refractivity (Wildman–Crippen MR) is 93.4 cm³/mol. The van der Waals surface area contributed by atoms with Gasteiger partial charge in [0.15, 0.2) is 0 Å². The molecule has 0 unspecified atom stereocenters. The van der Waals surface area contributed by atoms with Gasteiger partial charge >= 0.3 is 0 Å². The largest absolute Gasteiger partial charge is 0.326 e. The summed E-state index contributed by atoms with van der Waals surface area (Å²) < 4.78 is 12.9. The zero-order chi connectivity index (χ0) is 16.5. The molecule has 24 heavy (non-hydrogen) atoms. The molecule has 0 saturated carbocycles. The van der Waals surface area contributed by atoms with Crippen LogP contribution in [0.2, 0.25) is 0 Å². The topological polar surface area (TPSA) is 29.1 Å². The SMILES string of the molecule is O=C(Cc1ccc(F)cc1)Nc1ccc2c(c1)Cc1ccccc1-2. The van der Waals surface area contributed by atoms with Crippen LogP contribution in [0.15, 0.2) is 66.7 Å². The zero-order valence-electron chi connectivity index (χ0n) is 13.1. The minimum absolute atomic E-state index is 0.0999. The third kappa shape index (κ3) is 2.81. The molecule has 118 valence electrons. The molecule has 3 heteroatoms. The minimum Gasteiger partial charge on any atom is -0.326 e. The number of hydrogen-bond donors (Lipinski definition) is 1. The van der Waals surface area contributed by atoms with Gasteiger partial charge in [-0.05, 0) is 58.5 Å². The van der Waals surface area contributed by atoms with Crippen LogP contribution < -0.4 is 5.32 Å². The van der Waals surface area contributed by atoms with E-state index in [-0.39, 0.29) is 18.1 Å². The van der Waals surface area contributed by atoms with Crippen molar-refractivity contribution in [3.05, 3.63) is 89.2 Å². The van der Waals surface area contributed by atoms with E-state index in [4.69, 9.17) is 0 Å². The molecule has 3 aromatic rings. The number of anilines is 1. The van der Waals surface area contributed by atoms with Gasteiger partial charge in [-0.1, -0.05) is 42.5 Å². The van der Waals surface area contributed by atoms with E-state index in [9.17, 15) is 9.18 Å². The average Bonchev–Trinajstić information content (AvgIpc) is 2.94. The lowest BCUT2D eigenvalue weighted by atomic mass is 10.1. The maximum absolute atomic E-state index is 12.9. The number of fused-ring (bicyclic) bond motifs is 3. The van der Waals surface area contributed by atoms with E-state index in [1.165, 1.54) is 34.4 Å². The molecule has 1 N–H and O–H groups in total. The standard InChI is InChI=1S/C21H16FNO/c22-17-7-5-14(6-8-17)11-21(24)23-18-9-10-20-16(13-18)12-15-3-1-2-4-19(15)20/h1-10,13H,11-12H2,(H,23,24). The van der Waals surface area contributed by atoms with Crippen LogP contribution in [0.25, 0.3) is 11.1 Å². The second-order valence-electron chi connectivity index (χ2n) is 6.06. The van der Waals surface area contributed by atoms with Crippen molar-refractivity contribution in [1.82, 2.24) is 0 Å². The van der Waals surface area contributed by atoms with Gasteiger partial charge in [-0.2, -0.15) is 0 Å². The van der Waals surface area contributed by atoms with Crippen molar-refractivity contribution in [2.24, 2.45) is 0 Å². The van der Waals surface area contributed by atoms with Crippen molar-refractivity contribution < 1.29 is 9.18 Å². The Balaban J connectivity index is 1.49. The summed E-state index contributed by atoms with van der Waals surface area (Å²) in [6.07, 6.45) is 1.13. The molecule has 0 aromatic heterocycles. The number of rotatable bonds is 3. The van der Waals surface area contributed by atoms with Crippen LogP contribution in [-0.2, 0) is 17.6 Å². The second-order valence-corrected chi connectivity index (χ2v) is 6.06. The number of carbonyl (C=O) groups excluding carboxylic acids is 1. The Morgan fingerprint density at radius 3 is 2.50 bits per heavy atom. The number of halogens is 1. The highest BCUT2D eigenvalue weighted by molar-refractivity contribution is 5.93. The molecular formula is C21H16FNO. The first-order chi connectivity index (χ1) is 11.7. The first-order valence-electron chi connectivity index (χ1n) is 7.94. The lowest BCUT2D eigenvalue weighted by Crippen LogP contribution is -2.14. The van der Waals surface area contributed by atoms with Crippen molar-refractivity contribution in [2.75, 3.05) is 5.32 Å². The summed E-state index contributed by atoms with van der Waals surface area (Å²) in [6.45, 7) is 0. The number of carbonyl (C=O) groups is 1. The lowest BCUT2D eigenvalue weighted by Gasteiger charge is -2.08. The number of nitrogens with one attached hydrogen (secondary N) is 1. The lowest BCUT2D eigenvalue weighted by molar-refractivity contribution is -0.115. The minimum atomic E-state index is -0.294. The summed E-state index contributed by atoms with van der Waals surface area (Å²) in [5.41, 5.74) is 6.66. The van der Waals surface area contributed by atoms with Crippen LogP contribution in [0.1, 0.15) is 16.7 Å². The molecule has 0 aliphatic heterocycles. The number of amides is 1. The second kappa shape index (κ2) is 5.93. The Kier molecular flexibility index (Phi) is 3.62. The smallest absolute Gasteiger partial charge is 0.228 e. The van der Waals surface area contributed by atoms with E-state index >= 15 is 0 Å². The third-order valence-corrected chi connectivity index (χ3v) is 4.36. The Morgan fingerprint density at radius 1 is 0.917 bits per heavy atom. The van der Waals surface area contributed by atoms with E-state index in [1.807, 2.05) is 18.2 Å². The highest BCUT2D eigenvalue weighted by Crippen LogP contribution is 2.37. The molecule has 4 rings (SSSR count). The summed E-state index contributed by atoms with van der Waals surface area (Å²) in [7, 11) is 0. The molecule has 0 bridgehead atoms. The van der Waals surface area contributed by atoms with E-state index in [0.29, 0.717) is 0 Å². The first kappa shape index (κ1) is 14.6. The summed E-state index contributed by atoms with van der Waals surface area (Å²) in [4.78, 5) is 12.2. The van der Waals surface area contributed by atoms with Gasteiger partial charge in [-0.25, -0.2) is 4.39 Å². The van der Waals surface area contributed by atoms with Crippen LogP contribution in [0.3, 0.4) is 0 Å². The van der Waals surface area contributed by atoms with Gasteiger partial charge in [0.05, 0.1) is 6.42 Å². The fourth-order valence-electron chi connectivity index (χ4n) is 3.22. The van der Waals surface area contributed by atoms with Crippen LogP contribution in [0.5, 0.6) is 0 Å². The highest BCUT2D eigenvalue weighted by atomic mass is 19.1. The molecule has 0 atom stereocenters. The average molecular weight is 317 g/mol. The molecule has 0 spiro atoms. The molecule has 1 aliphatic rings. The highest BCUT2D eigenvalue weighted by Gasteiger charge is 2.18. The zero-order valence-corrected chi connectivity index (χ0v) is 13.1. The Bertz CT molecular complexity index is 915. The molecular weight excluding hydrogens is 301 g/mol.